The Bertz CT molecular complexity index is 569. The molecule has 0 bridgehead atoms. The van der Waals surface area contributed by atoms with Gasteiger partial charge in [-0.05, 0) is 59.3 Å². The highest BCUT2D eigenvalue weighted by molar-refractivity contribution is 14.0. The highest BCUT2D eigenvalue weighted by Gasteiger charge is 2.35. The molecule has 0 unspecified atom stereocenters. The predicted octanol–water partition coefficient (Wildman–Crippen LogP) is 4.63. The summed E-state index contributed by atoms with van der Waals surface area (Å²) >= 11 is 0. The number of hydrogen-bond donors (Lipinski definition) is 1. The standard InChI is InChI=1S/C20H35F3N4O2.HI/c1-5-24-17(25-11-10-20(21,22)23)26-12-8-16(9-13-26)27(14-15-6-7-15)18(28)29-19(2,3)4;/h15-16H,5-14H2,1-4H3,(H,24,25);1H. The van der Waals surface area contributed by atoms with E-state index >= 15 is 0 Å². The zero-order valence-corrected chi connectivity index (χ0v) is 20.8. The lowest BCUT2D eigenvalue weighted by Crippen LogP contribution is -2.52. The second kappa shape index (κ2) is 11.6. The van der Waals surface area contributed by atoms with Gasteiger partial charge >= 0.3 is 12.3 Å². The lowest BCUT2D eigenvalue weighted by Gasteiger charge is -2.40. The van der Waals surface area contributed by atoms with E-state index in [1.807, 2.05) is 37.5 Å². The number of likely N-dealkylation sites (tertiary alicyclic amines) is 1. The first-order valence-corrected chi connectivity index (χ1v) is 10.6. The third-order valence-electron chi connectivity index (χ3n) is 4.98. The minimum atomic E-state index is -4.20. The first-order chi connectivity index (χ1) is 13.5. The molecule has 2 rings (SSSR count). The fourth-order valence-electron chi connectivity index (χ4n) is 3.38. The summed E-state index contributed by atoms with van der Waals surface area (Å²) in [5.41, 5.74) is -0.539. The van der Waals surface area contributed by atoms with Crippen LogP contribution in [0.5, 0.6) is 0 Å². The van der Waals surface area contributed by atoms with Crippen molar-refractivity contribution < 1.29 is 22.7 Å². The van der Waals surface area contributed by atoms with Gasteiger partial charge in [0.25, 0.3) is 0 Å². The summed E-state index contributed by atoms with van der Waals surface area (Å²) < 4.78 is 42.9. The SMILES string of the molecule is CCNC(=NCCC(F)(F)F)N1CCC(N(CC2CC2)C(=O)OC(C)(C)C)CC1.I. The Morgan fingerprint density at radius 3 is 2.23 bits per heavy atom. The molecule has 0 aromatic rings. The maximum atomic E-state index is 12.7. The number of nitrogens with one attached hydrogen (secondary N) is 1. The molecule has 176 valence electrons. The minimum Gasteiger partial charge on any atom is -0.444 e. The van der Waals surface area contributed by atoms with Crippen LogP contribution in [0.4, 0.5) is 18.0 Å². The summed E-state index contributed by atoms with van der Waals surface area (Å²) in [5.74, 6) is 1.07. The van der Waals surface area contributed by atoms with Crippen molar-refractivity contribution >= 4 is 36.0 Å². The van der Waals surface area contributed by atoms with Crippen LogP contribution in [0.3, 0.4) is 0 Å². The molecular weight excluding hydrogens is 512 g/mol. The van der Waals surface area contributed by atoms with E-state index in [2.05, 4.69) is 10.3 Å². The van der Waals surface area contributed by atoms with Crippen LogP contribution >= 0.6 is 24.0 Å². The first kappa shape index (κ1) is 27.1. The third-order valence-corrected chi connectivity index (χ3v) is 4.98. The number of halogens is 4. The molecule has 0 spiro atoms. The van der Waals surface area contributed by atoms with E-state index in [-0.39, 0.29) is 42.7 Å². The minimum absolute atomic E-state index is 0. The molecule has 0 atom stereocenters. The fourth-order valence-corrected chi connectivity index (χ4v) is 3.38. The zero-order chi connectivity index (χ0) is 21.7. The van der Waals surface area contributed by atoms with Crippen molar-refractivity contribution in [3.05, 3.63) is 0 Å². The number of carbonyl (C=O) groups is 1. The molecule has 30 heavy (non-hydrogen) atoms. The van der Waals surface area contributed by atoms with E-state index in [1.54, 1.807) is 0 Å². The number of piperidine rings is 1. The van der Waals surface area contributed by atoms with E-state index < -0.39 is 18.2 Å². The van der Waals surface area contributed by atoms with Gasteiger partial charge in [-0.3, -0.25) is 4.99 Å². The second-order valence-corrected chi connectivity index (χ2v) is 8.90. The van der Waals surface area contributed by atoms with Crippen molar-refractivity contribution in [1.82, 2.24) is 15.1 Å². The van der Waals surface area contributed by atoms with Crippen molar-refractivity contribution in [2.45, 2.75) is 77.6 Å². The maximum Gasteiger partial charge on any atom is 0.410 e. The monoisotopic (exact) mass is 548 g/mol. The molecule has 1 amide bonds. The number of guanidine groups is 1. The van der Waals surface area contributed by atoms with E-state index in [9.17, 15) is 18.0 Å². The Kier molecular flexibility index (Phi) is 10.5. The van der Waals surface area contributed by atoms with Gasteiger partial charge in [-0.15, -0.1) is 24.0 Å². The zero-order valence-electron chi connectivity index (χ0n) is 18.4. The second-order valence-electron chi connectivity index (χ2n) is 8.90. The summed E-state index contributed by atoms with van der Waals surface area (Å²) in [7, 11) is 0. The molecular formula is C20H36F3IN4O2. The topological polar surface area (TPSA) is 57.2 Å². The smallest absolute Gasteiger partial charge is 0.410 e. The van der Waals surface area contributed by atoms with Gasteiger partial charge in [0.05, 0.1) is 13.0 Å². The van der Waals surface area contributed by atoms with Crippen LogP contribution in [0.15, 0.2) is 4.99 Å². The van der Waals surface area contributed by atoms with Gasteiger partial charge in [-0.25, -0.2) is 4.79 Å². The van der Waals surface area contributed by atoms with Crippen LogP contribution in [0, 0.1) is 5.92 Å². The summed E-state index contributed by atoms with van der Waals surface area (Å²) in [4.78, 5) is 20.7. The summed E-state index contributed by atoms with van der Waals surface area (Å²) in [6, 6.07) is 0.0831. The van der Waals surface area contributed by atoms with E-state index in [1.165, 1.54) is 0 Å². The Balaban J connectivity index is 0.00000450. The van der Waals surface area contributed by atoms with E-state index in [0.717, 1.165) is 32.2 Å². The number of carbonyl (C=O) groups excluding carboxylic acids is 1. The normalized spacial score (nSPS) is 18.6. The Morgan fingerprint density at radius 2 is 1.77 bits per heavy atom. The quantitative estimate of drug-likeness (QED) is 0.299. The van der Waals surface area contributed by atoms with Gasteiger partial charge in [-0.1, -0.05) is 0 Å². The van der Waals surface area contributed by atoms with Crippen LogP contribution < -0.4 is 5.32 Å². The summed E-state index contributed by atoms with van der Waals surface area (Å²) in [6.45, 7) is 9.81. The van der Waals surface area contributed by atoms with Gasteiger partial charge in [0.2, 0.25) is 0 Å². The number of rotatable bonds is 6. The molecule has 2 aliphatic rings. The molecule has 6 nitrogen and oxygen atoms in total. The molecule has 1 saturated heterocycles. The number of hydrogen-bond acceptors (Lipinski definition) is 3. The maximum absolute atomic E-state index is 12.7. The summed E-state index contributed by atoms with van der Waals surface area (Å²) in [5, 5.41) is 3.08. The van der Waals surface area contributed by atoms with E-state index in [0.29, 0.717) is 31.5 Å². The van der Waals surface area contributed by atoms with Gasteiger partial charge in [0.15, 0.2) is 5.96 Å². The van der Waals surface area contributed by atoms with Crippen molar-refractivity contribution in [1.29, 1.82) is 0 Å². The molecule has 1 saturated carbocycles. The number of amides is 1. The van der Waals surface area contributed by atoms with Crippen LogP contribution in [-0.4, -0.2) is 72.4 Å². The van der Waals surface area contributed by atoms with Crippen molar-refractivity contribution in [3.8, 4) is 0 Å². The third kappa shape index (κ3) is 9.91. The average molecular weight is 548 g/mol. The number of nitrogens with zero attached hydrogens (tertiary/aromatic N) is 3. The predicted molar refractivity (Wildman–Crippen MR) is 122 cm³/mol. The van der Waals surface area contributed by atoms with Gasteiger partial charge in [0.1, 0.15) is 5.60 Å². The lowest BCUT2D eigenvalue weighted by molar-refractivity contribution is -0.132. The Morgan fingerprint density at radius 1 is 1.17 bits per heavy atom. The molecule has 0 aromatic heterocycles. The van der Waals surface area contributed by atoms with Gasteiger partial charge in [0, 0.05) is 32.2 Å². The molecule has 1 N–H and O–H groups in total. The largest absolute Gasteiger partial charge is 0.444 e. The van der Waals surface area contributed by atoms with Crippen molar-refractivity contribution in [2.24, 2.45) is 10.9 Å². The molecule has 0 aromatic carbocycles. The summed E-state index contributed by atoms with van der Waals surface area (Å²) in [6.07, 6.45) is -1.61. The number of ether oxygens (including phenoxy) is 1. The van der Waals surface area contributed by atoms with Gasteiger partial charge in [-0.2, -0.15) is 13.2 Å². The fraction of sp³-hybridized carbons (Fsp3) is 0.900. The molecule has 1 heterocycles. The highest BCUT2D eigenvalue weighted by Crippen LogP contribution is 2.32. The average Bonchev–Trinajstić information content (AvgIpc) is 3.41. The van der Waals surface area contributed by atoms with Crippen LogP contribution in [0.1, 0.15) is 59.8 Å². The van der Waals surface area contributed by atoms with Crippen LogP contribution in [0.2, 0.25) is 0 Å². The molecule has 2 fully saturated rings. The number of alkyl halides is 3. The first-order valence-electron chi connectivity index (χ1n) is 10.6. The van der Waals surface area contributed by atoms with Crippen LogP contribution in [-0.2, 0) is 4.74 Å². The van der Waals surface area contributed by atoms with Crippen molar-refractivity contribution in [3.63, 3.8) is 0 Å². The van der Waals surface area contributed by atoms with E-state index in [4.69, 9.17) is 4.74 Å². The Labute approximate surface area is 195 Å². The molecule has 0 radical (unpaired) electrons. The van der Waals surface area contributed by atoms with Crippen molar-refractivity contribution in [2.75, 3.05) is 32.7 Å². The lowest BCUT2D eigenvalue weighted by atomic mass is 10.0. The highest BCUT2D eigenvalue weighted by atomic mass is 127. The molecule has 1 aliphatic heterocycles. The molecule has 1 aliphatic carbocycles. The number of aliphatic imine (C=N–C) groups is 1. The molecule has 10 heteroatoms. The Hall–Kier alpha value is -0.940. The van der Waals surface area contributed by atoms with Crippen LogP contribution in [0.25, 0.3) is 0 Å². The van der Waals surface area contributed by atoms with Gasteiger partial charge < -0.3 is 19.9 Å².